The lowest BCUT2D eigenvalue weighted by atomic mass is 10.0. The van der Waals surface area contributed by atoms with Gasteiger partial charge in [0.2, 0.25) is 5.55 Å². The molecule has 1 aromatic carbocycles. The van der Waals surface area contributed by atoms with Crippen molar-refractivity contribution in [3.63, 3.8) is 0 Å². The summed E-state index contributed by atoms with van der Waals surface area (Å²) in [6.45, 7) is 2.76. The summed E-state index contributed by atoms with van der Waals surface area (Å²) in [5, 5.41) is 1.11. The van der Waals surface area contributed by atoms with E-state index in [2.05, 4.69) is 4.99 Å². The molecule has 0 fully saturated rings. The lowest BCUT2D eigenvalue weighted by molar-refractivity contribution is 0.0997. The largest absolute Gasteiger partial charge is 0.493 e. The molecule has 0 saturated heterocycles. The Bertz CT molecular complexity index is 1340. The lowest BCUT2D eigenvalue weighted by Gasteiger charge is -2.26. The van der Waals surface area contributed by atoms with Crippen molar-refractivity contribution < 1.29 is 23.5 Å². The highest BCUT2D eigenvalue weighted by Gasteiger charge is 2.29. The van der Waals surface area contributed by atoms with Crippen molar-refractivity contribution in [2.45, 2.75) is 19.9 Å². The molecule has 4 N–H and O–H groups in total. The number of hydrogen-bond donors (Lipinski definition) is 2. The van der Waals surface area contributed by atoms with Crippen LogP contribution in [-0.4, -0.2) is 42.2 Å². The zero-order valence-electron chi connectivity index (χ0n) is 18.0. The number of nitrogens with two attached hydrogens (primary N) is 2. The summed E-state index contributed by atoms with van der Waals surface area (Å²) in [7, 11) is 1.54. The van der Waals surface area contributed by atoms with E-state index in [1.807, 2.05) is 12.1 Å². The van der Waals surface area contributed by atoms with Gasteiger partial charge in [-0.05, 0) is 31.0 Å². The van der Waals surface area contributed by atoms with Crippen LogP contribution >= 0.6 is 23.6 Å². The van der Waals surface area contributed by atoms with Crippen LogP contribution in [0.25, 0.3) is 11.0 Å². The molecule has 3 heterocycles. The Morgan fingerprint density at radius 2 is 2.12 bits per heavy atom. The molecule has 0 radical (unpaired) electrons. The van der Waals surface area contributed by atoms with Crippen LogP contribution in [0, 0.1) is 0 Å². The van der Waals surface area contributed by atoms with Crippen LogP contribution in [0.15, 0.2) is 33.7 Å². The zero-order valence-corrected chi connectivity index (χ0v) is 19.7. The molecular weight excluding hydrogens is 464 g/mol. The second-order valence-electron chi connectivity index (χ2n) is 7.24. The van der Waals surface area contributed by atoms with E-state index < -0.39 is 12.0 Å². The molecule has 2 aromatic heterocycles. The van der Waals surface area contributed by atoms with Gasteiger partial charge >= 0.3 is 6.09 Å². The Balaban J connectivity index is 1.89. The van der Waals surface area contributed by atoms with Crippen molar-refractivity contribution >= 4 is 56.5 Å². The number of thiocarbonyl (C=S) groups is 1. The van der Waals surface area contributed by atoms with E-state index in [9.17, 15) is 9.59 Å². The fraction of sp³-hybridized carbons (Fsp3) is 0.273. The fourth-order valence-corrected chi connectivity index (χ4v) is 5.11. The maximum absolute atomic E-state index is 12.4. The van der Waals surface area contributed by atoms with Crippen molar-refractivity contribution in [1.82, 2.24) is 4.90 Å². The number of carbonyl (C=O) groups is 2. The van der Waals surface area contributed by atoms with E-state index >= 15 is 0 Å². The molecule has 0 spiro atoms. The van der Waals surface area contributed by atoms with E-state index in [1.165, 1.54) is 18.4 Å². The number of thiophene rings is 1. The second kappa shape index (κ2) is 9.20. The van der Waals surface area contributed by atoms with E-state index in [-0.39, 0.29) is 17.1 Å². The predicted octanol–water partition coefficient (Wildman–Crippen LogP) is 2.98. The Labute approximate surface area is 198 Å². The van der Waals surface area contributed by atoms with Crippen molar-refractivity contribution in [3.8, 4) is 5.75 Å². The first kappa shape index (κ1) is 22.7. The molecule has 11 heteroatoms. The average Bonchev–Trinajstić information content (AvgIpc) is 3.15. The second-order valence-corrected chi connectivity index (χ2v) is 8.76. The highest BCUT2D eigenvalue weighted by molar-refractivity contribution is 7.80. The maximum atomic E-state index is 12.4. The molecule has 1 aliphatic rings. The number of hydrogen-bond acceptors (Lipinski definition) is 8. The minimum Gasteiger partial charge on any atom is -0.493 e. The molecule has 4 rings (SSSR count). The van der Waals surface area contributed by atoms with Crippen LogP contribution in [0.3, 0.4) is 0 Å². The van der Waals surface area contributed by atoms with Crippen molar-refractivity contribution in [1.29, 1.82) is 0 Å². The van der Waals surface area contributed by atoms with Gasteiger partial charge in [0.05, 0.1) is 31.4 Å². The van der Waals surface area contributed by atoms with Crippen molar-refractivity contribution in [3.05, 3.63) is 51.4 Å². The number of benzene rings is 1. The van der Waals surface area contributed by atoms with Crippen LogP contribution in [0.4, 0.5) is 9.80 Å². The normalized spacial score (nSPS) is 13.6. The van der Waals surface area contributed by atoms with Crippen LogP contribution in [0.1, 0.15) is 33.3 Å². The molecule has 0 bridgehead atoms. The van der Waals surface area contributed by atoms with Crippen molar-refractivity contribution in [2.75, 3.05) is 20.3 Å². The molecule has 33 heavy (non-hydrogen) atoms. The molecule has 9 nitrogen and oxygen atoms in total. The molecule has 3 aromatic rings. The minimum absolute atomic E-state index is 0.0950. The van der Waals surface area contributed by atoms with E-state index in [1.54, 1.807) is 24.0 Å². The van der Waals surface area contributed by atoms with Gasteiger partial charge in [0.15, 0.2) is 11.3 Å². The summed E-state index contributed by atoms with van der Waals surface area (Å²) >= 11 is 6.48. The zero-order chi connectivity index (χ0) is 23.7. The predicted molar refractivity (Wildman–Crippen MR) is 128 cm³/mol. The number of methoxy groups -OCH3 is 1. The van der Waals surface area contributed by atoms with Gasteiger partial charge in [-0.25, -0.2) is 9.79 Å². The smallest absolute Gasteiger partial charge is 0.410 e. The first-order chi connectivity index (χ1) is 15.8. The number of nitrogens with zero attached hydrogens (tertiary/aromatic N) is 2. The number of para-hydroxylation sites is 1. The molecule has 0 aliphatic carbocycles. The first-order valence-electron chi connectivity index (χ1n) is 10.2. The SMILES string of the molecule is CCOC(=O)N1CCc2c(sc(/N=c3\oc4c(OC)cccc4cc3C(N)=S)c2C(N)=O)C1. The third-order valence-corrected chi connectivity index (χ3v) is 6.57. The molecule has 0 saturated carbocycles. The van der Waals surface area contributed by atoms with E-state index in [4.69, 9.17) is 37.6 Å². The Hall–Kier alpha value is -3.44. The molecular formula is C22H22N4O5S2. The lowest BCUT2D eigenvalue weighted by Crippen LogP contribution is -2.36. The highest BCUT2D eigenvalue weighted by atomic mass is 32.1. The van der Waals surface area contributed by atoms with Gasteiger partial charge in [-0.1, -0.05) is 24.4 Å². The molecule has 0 atom stereocenters. The number of fused-ring (bicyclic) bond motifs is 2. The fourth-order valence-electron chi connectivity index (χ4n) is 3.73. The van der Waals surface area contributed by atoms with Crippen LogP contribution < -0.4 is 21.8 Å². The summed E-state index contributed by atoms with van der Waals surface area (Å²) < 4.78 is 16.5. The summed E-state index contributed by atoms with van der Waals surface area (Å²) in [5.74, 6) is -0.0878. The van der Waals surface area contributed by atoms with Gasteiger partial charge in [0, 0.05) is 16.8 Å². The van der Waals surface area contributed by atoms with Gasteiger partial charge in [-0.2, -0.15) is 0 Å². The van der Waals surface area contributed by atoms with Crippen molar-refractivity contribution in [2.24, 2.45) is 16.5 Å². The summed E-state index contributed by atoms with van der Waals surface area (Å²) in [5.41, 5.74) is 13.8. The monoisotopic (exact) mass is 486 g/mol. The minimum atomic E-state index is -0.605. The van der Waals surface area contributed by atoms with Gasteiger partial charge in [-0.3, -0.25) is 4.79 Å². The van der Waals surface area contributed by atoms with Crippen LogP contribution in [0.5, 0.6) is 5.75 Å². The third-order valence-electron chi connectivity index (χ3n) is 5.24. The third kappa shape index (κ3) is 4.29. The average molecular weight is 487 g/mol. The van der Waals surface area contributed by atoms with E-state index in [0.29, 0.717) is 47.0 Å². The Morgan fingerprint density at radius 1 is 1.33 bits per heavy atom. The summed E-state index contributed by atoms with van der Waals surface area (Å²) in [4.78, 5) is 31.6. The molecule has 0 unspecified atom stereocenters. The Kier molecular flexibility index (Phi) is 6.34. The summed E-state index contributed by atoms with van der Waals surface area (Å²) in [6, 6.07) is 7.20. The number of amides is 2. The topological polar surface area (TPSA) is 133 Å². The van der Waals surface area contributed by atoms with Crippen LogP contribution in [0.2, 0.25) is 0 Å². The quantitative estimate of drug-likeness (QED) is 0.530. The Morgan fingerprint density at radius 3 is 2.79 bits per heavy atom. The highest BCUT2D eigenvalue weighted by Crippen LogP contribution is 2.39. The van der Waals surface area contributed by atoms with Gasteiger partial charge in [0.1, 0.15) is 9.99 Å². The maximum Gasteiger partial charge on any atom is 0.410 e. The molecule has 2 amide bonds. The van der Waals surface area contributed by atoms with Crippen LogP contribution in [-0.2, 0) is 17.7 Å². The summed E-state index contributed by atoms with van der Waals surface area (Å²) in [6.07, 6.45) is 0.0616. The standard InChI is InChI=1S/C22H22N4O5S2/c1-3-30-22(28)26-8-7-12-15(10-26)33-21(16(12)18(23)27)25-20-13(19(24)32)9-11-5-4-6-14(29-2)17(11)31-20/h4-6,9H,3,7-8,10H2,1-2H3,(H2,23,27)(H2,24,32)/b25-20-. The number of carbonyl (C=O) groups excluding carboxylic acids is 2. The van der Waals surface area contributed by atoms with Gasteiger partial charge < -0.3 is 30.3 Å². The number of ether oxygens (including phenoxy) is 2. The van der Waals surface area contributed by atoms with Gasteiger partial charge in [0.25, 0.3) is 5.91 Å². The first-order valence-corrected chi connectivity index (χ1v) is 11.4. The van der Waals surface area contributed by atoms with E-state index in [0.717, 1.165) is 15.8 Å². The number of rotatable bonds is 5. The molecule has 1 aliphatic heterocycles. The number of primary amides is 1. The van der Waals surface area contributed by atoms with Gasteiger partial charge in [-0.15, -0.1) is 11.3 Å². The molecule has 172 valence electrons.